The van der Waals surface area contributed by atoms with Crippen molar-refractivity contribution < 1.29 is 9.59 Å². The summed E-state index contributed by atoms with van der Waals surface area (Å²) in [5, 5.41) is 4.79. The number of halogens is 1. The normalized spacial score (nSPS) is 16.3. The number of carbonyl (C=O) groups excluding carboxylic acids is 2. The summed E-state index contributed by atoms with van der Waals surface area (Å²) < 4.78 is 1.07. The first-order valence-corrected chi connectivity index (χ1v) is 7.60. The minimum atomic E-state index is 0.0347. The van der Waals surface area contributed by atoms with Gasteiger partial charge in [0.15, 0.2) is 0 Å². The highest BCUT2D eigenvalue weighted by atomic mass is 79.9. The Balaban J connectivity index is 1.82. The van der Waals surface area contributed by atoms with E-state index in [2.05, 4.69) is 21.2 Å². The van der Waals surface area contributed by atoms with Crippen LogP contribution in [0.2, 0.25) is 0 Å². The van der Waals surface area contributed by atoms with E-state index < -0.39 is 0 Å². The van der Waals surface area contributed by atoms with E-state index >= 15 is 0 Å². The van der Waals surface area contributed by atoms with E-state index in [9.17, 15) is 9.59 Å². The van der Waals surface area contributed by atoms with E-state index in [1.807, 2.05) is 11.4 Å². The molecule has 1 aromatic rings. The lowest BCUT2D eigenvalue weighted by molar-refractivity contribution is -0.131. The molecule has 0 unspecified atom stereocenters. The Morgan fingerprint density at radius 3 is 3.06 bits per heavy atom. The first-order valence-electron chi connectivity index (χ1n) is 5.92. The number of thiophene rings is 1. The van der Waals surface area contributed by atoms with Crippen LogP contribution in [0.1, 0.15) is 17.7 Å². The highest BCUT2D eigenvalue weighted by Crippen LogP contribution is 2.21. The number of rotatable bonds is 3. The number of aryl methyl sites for hydroxylation is 1. The molecule has 2 rings (SSSR count). The molecular weight excluding hydrogens is 316 g/mol. The summed E-state index contributed by atoms with van der Waals surface area (Å²) in [5.74, 6) is 0.170. The number of carbonyl (C=O) groups is 2. The molecule has 1 saturated heterocycles. The second-order valence-corrected chi connectivity index (χ2v) is 6.12. The molecule has 1 aliphatic rings. The van der Waals surface area contributed by atoms with Gasteiger partial charge in [-0.2, -0.15) is 0 Å². The number of nitrogens with zero attached hydrogens (tertiary/aromatic N) is 1. The van der Waals surface area contributed by atoms with Crippen LogP contribution in [0.4, 0.5) is 0 Å². The van der Waals surface area contributed by atoms with E-state index in [-0.39, 0.29) is 11.8 Å². The van der Waals surface area contributed by atoms with Crippen LogP contribution in [0.15, 0.2) is 15.9 Å². The van der Waals surface area contributed by atoms with Crippen molar-refractivity contribution >= 4 is 39.1 Å². The van der Waals surface area contributed by atoms with Crippen LogP contribution < -0.4 is 5.32 Å². The third-order valence-electron chi connectivity index (χ3n) is 2.87. The van der Waals surface area contributed by atoms with Crippen LogP contribution >= 0.6 is 27.3 Å². The van der Waals surface area contributed by atoms with Gasteiger partial charge in [-0.25, -0.2) is 0 Å². The molecule has 1 N–H and O–H groups in total. The molecule has 2 amide bonds. The van der Waals surface area contributed by atoms with Crippen molar-refractivity contribution in [3.8, 4) is 0 Å². The molecule has 0 radical (unpaired) electrons. The standard InChI is InChI=1S/C12H15BrN2O2S/c13-9-7-10(18-8-9)1-2-12(17)15-5-3-11(16)14-4-6-15/h7-8H,1-6H2,(H,14,16). The van der Waals surface area contributed by atoms with Gasteiger partial charge >= 0.3 is 0 Å². The summed E-state index contributed by atoms with van der Waals surface area (Å²) in [7, 11) is 0. The van der Waals surface area contributed by atoms with Gasteiger partial charge in [-0.15, -0.1) is 11.3 Å². The molecule has 0 aromatic carbocycles. The highest BCUT2D eigenvalue weighted by Gasteiger charge is 2.18. The summed E-state index contributed by atoms with van der Waals surface area (Å²) >= 11 is 5.06. The lowest BCUT2D eigenvalue weighted by atomic mass is 10.2. The number of hydrogen-bond donors (Lipinski definition) is 1. The maximum absolute atomic E-state index is 12.0. The molecule has 0 saturated carbocycles. The summed E-state index contributed by atoms with van der Waals surface area (Å²) in [6.45, 7) is 1.73. The van der Waals surface area contributed by atoms with Crippen molar-refractivity contribution in [2.24, 2.45) is 0 Å². The summed E-state index contributed by atoms with van der Waals surface area (Å²) in [6.07, 6.45) is 1.70. The van der Waals surface area contributed by atoms with Crippen molar-refractivity contribution in [3.63, 3.8) is 0 Å². The maximum Gasteiger partial charge on any atom is 0.223 e. The SMILES string of the molecule is O=C1CCN(C(=O)CCc2cc(Br)cs2)CCN1. The van der Waals surface area contributed by atoms with E-state index in [1.54, 1.807) is 16.2 Å². The fraction of sp³-hybridized carbons (Fsp3) is 0.500. The Morgan fingerprint density at radius 2 is 2.33 bits per heavy atom. The monoisotopic (exact) mass is 330 g/mol. The fourth-order valence-electron chi connectivity index (χ4n) is 1.89. The van der Waals surface area contributed by atoms with Gasteiger partial charge in [-0.05, 0) is 28.4 Å². The van der Waals surface area contributed by atoms with Crippen molar-refractivity contribution in [2.45, 2.75) is 19.3 Å². The molecule has 6 heteroatoms. The smallest absolute Gasteiger partial charge is 0.223 e. The lowest BCUT2D eigenvalue weighted by Crippen LogP contribution is -2.34. The molecule has 0 spiro atoms. The van der Waals surface area contributed by atoms with Crippen LogP contribution in [0.3, 0.4) is 0 Å². The summed E-state index contributed by atoms with van der Waals surface area (Å²) in [5.41, 5.74) is 0. The average molecular weight is 331 g/mol. The number of hydrogen-bond acceptors (Lipinski definition) is 3. The van der Waals surface area contributed by atoms with E-state index in [4.69, 9.17) is 0 Å². The lowest BCUT2D eigenvalue weighted by Gasteiger charge is -2.19. The zero-order valence-electron chi connectivity index (χ0n) is 9.95. The first kappa shape index (κ1) is 13.5. The van der Waals surface area contributed by atoms with Gasteiger partial charge in [0.1, 0.15) is 0 Å². The molecule has 4 nitrogen and oxygen atoms in total. The van der Waals surface area contributed by atoms with Gasteiger partial charge in [0.2, 0.25) is 11.8 Å². The van der Waals surface area contributed by atoms with Gasteiger partial charge in [0.25, 0.3) is 0 Å². The molecule has 0 bridgehead atoms. The van der Waals surface area contributed by atoms with Crippen LogP contribution in [0, 0.1) is 0 Å². The molecule has 1 aliphatic heterocycles. The molecular formula is C12H15BrN2O2S. The maximum atomic E-state index is 12.0. The third kappa shape index (κ3) is 3.81. The van der Waals surface area contributed by atoms with E-state index in [1.165, 1.54) is 4.88 Å². The Kier molecular flexibility index (Phi) is 4.77. The number of nitrogens with one attached hydrogen (secondary N) is 1. The summed E-state index contributed by atoms with van der Waals surface area (Å²) in [6, 6.07) is 2.05. The van der Waals surface area contributed by atoms with Gasteiger partial charge in [-0.3, -0.25) is 9.59 Å². The van der Waals surface area contributed by atoms with E-state index in [0.717, 1.165) is 10.9 Å². The Morgan fingerprint density at radius 1 is 1.50 bits per heavy atom. The minimum absolute atomic E-state index is 0.0347. The van der Waals surface area contributed by atoms with E-state index in [0.29, 0.717) is 32.5 Å². The zero-order chi connectivity index (χ0) is 13.0. The molecule has 98 valence electrons. The second kappa shape index (κ2) is 6.33. The minimum Gasteiger partial charge on any atom is -0.354 e. The molecule has 0 atom stereocenters. The Hall–Kier alpha value is -0.880. The van der Waals surface area contributed by atoms with Crippen molar-refractivity contribution in [2.75, 3.05) is 19.6 Å². The molecule has 1 fully saturated rings. The van der Waals surface area contributed by atoms with Crippen molar-refractivity contribution in [1.29, 1.82) is 0 Å². The van der Waals surface area contributed by atoms with Gasteiger partial charge in [0, 0.05) is 47.2 Å². The van der Waals surface area contributed by atoms with Crippen LogP contribution in [0.5, 0.6) is 0 Å². The fourth-order valence-corrected chi connectivity index (χ4v) is 3.34. The molecule has 0 aliphatic carbocycles. The second-order valence-electron chi connectivity index (χ2n) is 4.21. The predicted octanol–water partition coefficient (Wildman–Crippen LogP) is 1.79. The average Bonchev–Trinajstić information content (AvgIpc) is 2.63. The van der Waals surface area contributed by atoms with Crippen LogP contribution in [-0.4, -0.2) is 36.3 Å². The van der Waals surface area contributed by atoms with Gasteiger partial charge in [0.05, 0.1) is 0 Å². The largest absolute Gasteiger partial charge is 0.354 e. The Labute approximate surface area is 118 Å². The molecule has 1 aromatic heterocycles. The summed E-state index contributed by atoms with van der Waals surface area (Å²) in [4.78, 5) is 26.2. The van der Waals surface area contributed by atoms with Gasteiger partial charge < -0.3 is 10.2 Å². The molecule has 2 heterocycles. The number of amides is 2. The van der Waals surface area contributed by atoms with Crippen LogP contribution in [0.25, 0.3) is 0 Å². The van der Waals surface area contributed by atoms with Crippen LogP contribution in [-0.2, 0) is 16.0 Å². The Bertz CT molecular complexity index is 447. The van der Waals surface area contributed by atoms with Crippen molar-refractivity contribution in [1.82, 2.24) is 10.2 Å². The first-order chi connectivity index (χ1) is 8.65. The van der Waals surface area contributed by atoms with Gasteiger partial charge in [-0.1, -0.05) is 0 Å². The third-order valence-corrected chi connectivity index (χ3v) is 4.63. The quantitative estimate of drug-likeness (QED) is 0.918. The highest BCUT2D eigenvalue weighted by molar-refractivity contribution is 9.10. The zero-order valence-corrected chi connectivity index (χ0v) is 12.3. The topological polar surface area (TPSA) is 49.4 Å². The van der Waals surface area contributed by atoms with Crippen molar-refractivity contribution in [3.05, 3.63) is 20.8 Å². The predicted molar refractivity (Wildman–Crippen MR) is 74.5 cm³/mol. The molecule has 18 heavy (non-hydrogen) atoms.